The number of rotatable bonds is 5. The molecular formula is C62H67N. The van der Waals surface area contributed by atoms with Gasteiger partial charge in [0, 0.05) is 16.8 Å². The predicted molar refractivity (Wildman–Crippen MR) is 266 cm³/mol. The zero-order valence-electron chi connectivity index (χ0n) is 39.2. The Balaban J connectivity index is 1.01. The Hall–Kier alpha value is -4.88. The van der Waals surface area contributed by atoms with Crippen LogP contribution < -0.4 is 4.90 Å². The van der Waals surface area contributed by atoms with Gasteiger partial charge in [0.25, 0.3) is 0 Å². The van der Waals surface area contributed by atoms with E-state index >= 15 is 0 Å². The van der Waals surface area contributed by atoms with Crippen LogP contribution in [0.2, 0.25) is 0 Å². The molecule has 13 rings (SSSR count). The number of hydrogen-bond acceptors (Lipinski definition) is 1. The van der Waals surface area contributed by atoms with Gasteiger partial charge in [-0.15, -0.1) is 0 Å². The van der Waals surface area contributed by atoms with Crippen LogP contribution in [0.25, 0.3) is 33.4 Å². The lowest BCUT2D eigenvalue weighted by molar-refractivity contribution is -0.0397. The first-order valence-corrected chi connectivity index (χ1v) is 24.7. The van der Waals surface area contributed by atoms with Crippen molar-refractivity contribution < 1.29 is 0 Å². The summed E-state index contributed by atoms with van der Waals surface area (Å²) in [7, 11) is 0. The monoisotopic (exact) mass is 826 g/mol. The first-order chi connectivity index (χ1) is 30.1. The normalized spacial score (nSPS) is 27.0. The molecule has 0 aromatic heterocycles. The summed E-state index contributed by atoms with van der Waals surface area (Å²) in [4.78, 5) is 2.64. The zero-order valence-corrected chi connectivity index (χ0v) is 39.2. The summed E-state index contributed by atoms with van der Waals surface area (Å²) in [5.74, 6) is 3.19. The molecular weight excluding hydrogens is 759 g/mol. The molecule has 4 fully saturated rings. The van der Waals surface area contributed by atoms with Crippen molar-refractivity contribution in [2.24, 2.45) is 23.7 Å². The van der Waals surface area contributed by atoms with Crippen LogP contribution >= 0.6 is 0 Å². The topological polar surface area (TPSA) is 3.24 Å². The van der Waals surface area contributed by atoms with Crippen LogP contribution in [0.15, 0.2) is 127 Å². The van der Waals surface area contributed by atoms with Crippen molar-refractivity contribution in [1.82, 2.24) is 0 Å². The van der Waals surface area contributed by atoms with Gasteiger partial charge in [0.05, 0.1) is 5.69 Å². The smallest absolute Gasteiger partial charge is 0.0509 e. The van der Waals surface area contributed by atoms with E-state index in [1.54, 1.807) is 11.1 Å². The van der Waals surface area contributed by atoms with Crippen molar-refractivity contribution in [1.29, 1.82) is 0 Å². The Morgan fingerprint density at radius 3 is 1.30 bits per heavy atom. The Kier molecular flexibility index (Phi) is 8.55. The van der Waals surface area contributed by atoms with Crippen molar-refractivity contribution in [3.05, 3.63) is 161 Å². The molecule has 63 heavy (non-hydrogen) atoms. The largest absolute Gasteiger partial charge is 0.310 e. The first kappa shape index (κ1) is 39.7. The lowest BCUT2D eigenvalue weighted by Gasteiger charge is -2.61. The summed E-state index contributed by atoms with van der Waals surface area (Å²) in [5.41, 5.74) is 22.1. The van der Waals surface area contributed by atoms with E-state index < -0.39 is 0 Å². The Morgan fingerprint density at radius 1 is 0.381 bits per heavy atom. The second kappa shape index (κ2) is 13.6. The molecule has 0 saturated heterocycles. The van der Waals surface area contributed by atoms with Crippen LogP contribution in [0.3, 0.4) is 0 Å². The highest BCUT2D eigenvalue weighted by atomic mass is 15.1. The van der Waals surface area contributed by atoms with Crippen LogP contribution in [-0.2, 0) is 27.1 Å². The summed E-state index contributed by atoms with van der Waals surface area (Å²) in [5, 5.41) is 0. The van der Waals surface area contributed by atoms with Gasteiger partial charge in [0.1, 0.15) is 0 Å². The second-order valence-corrected chi connectivity index (χ2v) is 23.9. The van der Waals surface area contributed by atoms with E-state index in [0.717, 1.165) is 11.8 Å². The van der Waals surface area contributed by atoms with Crippen LogP contribution in [-0.4, -0.2) is 0 Å². The van der Waals surface area contributed by atoms with Crippen LogP contribution in [0.1, 0.15) is 147 Å². The van der Waals surface area contributed by atoms with Crippen molar-refractivity contribution >= 4 is 17.1 Å². The van der Waals surface area contributed by atoms with Crippen molar-refractivity contribution in [3.8, 4) is 33.4 Å². The van der Waals surface area contributed by atoms with Crippen LogP contribution in [0.5, 0.6) is 0 Å². The third kappa shape index (κ3) is 5.86. The Bertz CT molecular complexity index is 2640. The number of benzene rings is 6. The Morgan fingerprint density at radius 2 is 0.810 bits per heavy atom. The van der Waals surface area contributed by atoms with Crippen molar-refractivity contribution in [2.45, 2.75) is 140 Å². The standard InChI is InChI=1S/C62H67N/c1-58(2)28-30-60(5,6)54-37-43(20-26-52(54)58)41-16-22-47(23-17-41)63(48-24-18-42(19-25-48)44-21-27-53-55(38-44)61(7,8)31-29-59(53,3)4)56-15-11-13-50-49-12-9-10-14-51(49)62(57(50)56)45-33-39-32-40(35-45)36-46(62)34-39/h9-27,37-40,45-46H,28-36H2,1-8H3. The maximum atomic E-state index is 2.64. The number of nitrogens with zero attached hydrogens (tertiary/aromatic N) is 1. The maximum absolute atomic E-state index is 2.64. The summed E-state index contributed by atoms with van der Waals surface area (Å²) in [6.07, 6.45) is 11.9. The van der Waals surface area contributed by atoms with Gasteiger partial charge in [-0.25, -0.2) is 0 Å². The number of hydrogen-bond donors (Lipinski definition) is 0. The lowest BCUT2D eigenvalue weighted by Crippen LogP contribution is -2.55. The van der Waals surface area contributed by atoms with Gasteiger partial charge in [-0.05, 0) is 200 Å². The summed E-state index contributed by atoms with van der Waals surface area (Å²) < 4.78 is 0. The number of anilines is 3. The van der Waals surface area contributed by atoms with E-state index in [1.807, 2.05) is 0 Å². The molecule has 4 saturated carbocycles. The molecule has 320 valence electrons. The SMILES string of the molecule is CC1(C)CCC(C)(C)c2cc(-c3ccc(N(c4ccc(-c5ccc6c(c5)C(C)(C)CCC6(C)C)cc4)c4cccc5c4C4(c6ccccc6-5)C5CC6CC(C5)CC4C6)cc3)ccc21. The Labute approximate surface area is 378 Å². The molecule has 0 unspecified atom stereocenters. The average Bonchev–Trinajstić information content (AvgIpc) is 3.58. The van der Waals surface area contributed by atoms with Gasteiger partial charge in [0.15, 0.2) is 0 Å². The predicted octanol–water partition coefficient (Wildman–Crippen LogP) is 16.9. The molecule has 0 aliphatic heterocycles. The van der Waals surface area contributed by atoms with Crippen LogP contribution in [0, 0.1) is 23.7 Å². The van der Waals surface area contributed by atoms with E-state index in [0.29, 0.717) is 11.8 Å². The fourth-order valence-electron chi connectivity index (χ4n) is 14.9. The van der Waals surface area contributed by atoms with Gasteiger partial charge in [-0.1, -0.05) is 152 Å². The van der Waals surface area contributed by atoms with Gasteiger partial charge in [-0.2, -0.15) is 0 Å². The van der Waals surface area contributed by atoms with Crippen molar-refractivity contribution in [3.63, 3.8) is 0 Å². The van der Waals surface area contributed by atoms with Gasteiger partial charge >= 0.3 is 0 Å². The highest BCUT2D eigenvalue weighted by Crippen LogP contribution is 2.71. The van der Waals surface area contributed by atoms with E-state index in [1.165, 1.54) is 130 Å². The van der Waals surface area contributed by atoms with Gasteiger partial charge in [0.2, 0.25) is 0 Å². The quantitative estimate of drug-likeness (QED) is 0.167. The van der Waals surface area contributed by atoms with E-state index in [-0.39, 0.29) is 27.1 Å². The van der Waals surface area contributed by atoms with E-state index in [4.69, 9.17) is 0 Å². The van der Waals surface area contributed by atoms with Crippen LogP contribution in [0.4, 0.5) is 17.1 Å². The van der Waals surface area contributed by atoms with Gasteiger partial charge < -0.3 is 4.90 Å². The molecule has 6 aromatic carbocycles. The zero-order chi connectivity index (χ0) is 43.3. The first-order valence-electron chi connectivity index (χ1n) is 24.7. The molecule has 7 aliphatic carbocycles. The molecule has 0 N–H and O–H groups in total. The highest BCUT2D eigenvalue weighted by molar-refractivity contribution is 5.92. The molecule has 1 spiro atoms. The highest BCUT2D eigenvalue weighted by Gasteiger charge is 2.62. The molecule has 4 bridgehead atoms. The molecule has 0 atom stereocenters. The molecule has 1 nitrogen and oxygen atoms in total. The minimum atomic E-state index is 0.0570. The molecule has 1 heteroatoms. The third-order valence-corrected chi connectivity index (χ3v) is 18.4. The number of fused-ring (bicyclic) bond motifs is 5. The maximum Gasteiger partial charge on any atom is 0.0509 e. The average molecular weight is 826 g/mol. The summed E-state index contributed by atoms with van der Waals surface area (Å²) in [6.45, 7) is 19.5. The third-order valence-electron chi connectivity index (χ3n) is 18.4. The minimum Gasteiger partial charge on any atom is -0.310 e. The molecule has 0 heterocycles. The molecule has 6 aromatic rings. The molecule has 0 radical (unpaired) electrons. The second-order valence-electron chi connectivity index (χ2n) is 23.9. The fraction of sp³-hybridized carbons (Fsp3) is 0.419. The van der Waals surface area contributed by atoms with E-state index in [9.17, 15) is 0 Å². The summed E-state index contributed by atoms with van der Waals surface area (Å²) >= 11 is 0. The minimum absolute atomic E-state index is 0.0570. The summed E-state index contributed by atoms with van der Waals surface area (Å²) in [6, 6.07) is 50.8. The molecule has 7 aliphatic rings. The van der Waals surface area contributed by atoms with E-state index in [2.05, 4.69) is 188 Å². The molecule has 0 amide bonds. The lowest BCUT2D eigenvalue weighted by atomic mass is 9.43. The van der Waals surface area contributed by atoms with Gasteiger partial charge in [-0.3, -0.25) is 0 Å². The fourth-order valence-corrected chi connectivity index (χ4v) is 14.9. The van der Waals surface area contributed by atoms with Crippen molar-refractivity contribution in [2.75, 3.05) is 4.90 Å².